The summed E-state index contributed by atoms with van der Waals surface area (Å²) in [5.74, 6) is 0.583. The Morgan fingerprint density at radius 2 is 1.76 bits per heavy atom. The number of hydrogen-bond acceptors (Lipinski definition) is 8. The third kappa shape index (κ3) is 5.27. The molecule has 0 radical (unpaired) electrons. The van der Waals surface area contributed by atoms with Crippen LogP contribution in [0.3, 0.4) is 0 Å². The maximum atomic E-state index is 14.8. The molecular formula is C39H44N8O2. The highest BCUT2D eigenvalue weighted by atomic mass is 16.2. The zero-order chi connectivity index (χ0) is 34.6. The normalized spacial score (nSPS) is 18.2. The molecule has 1 spiro atoms. The van der Waals surface area contributed by atoms with Crippen LogP contribution in [0, 0.1) is 18.3 Å². The molecule has 2 aromatic carbocycles. The average molecular weight is 657 g/mol. The Balaban J connectivity index is 1.48. The highest BCUT2D eigenvalue weighted by Crippen LogP contribution is 2.57. The van der Waals surface area contributed by atoms with Gasteiger partial charge in [-0.05, 0) is 61.1 Å². The number of benzene rings is 2. The predicted molar refractivity (Wildman–Crippen MR) is 192 cm³/mol. The van der Waals surface area contributed by atoms with Crippen molar-refractivity contribution < 1.29 is 4.79 Å². The van der Waals surface area contributed by atoms with E-state index in [0.29, 0.717) is 31.9 Å². The number of nitrogens with zero attached hydrogens (tertiary/aromatic N) is 8. The lowest BCUT2D eigenvalue weighted by Gasteiger charge is -2.45. The lowest BCUT2D eigenvalue weighted by molar-refractivity contribution is -0.128. The summed E-state index contributed by atoms with van der Waals surface area (Å²) >= 11 is 0. The van der Waals surface area contributed by atoms with Crippen molar-refractivity contribution in [3.05, 3.63) is 94.1 Å². The number of carbonyl (C=O) groups is 1. The molecule has 1 amide bonds. The second kappa shape index (κ2) is 12.4. The van der Waals surface area contributed by atoms with E-state index in [4.69, 9.17) is 15.0 Å². The molecule has 49 heavy (non-hydrogen) atoms. The predicted octanol–water partition coefficient (Wildman–Crippen LogP) is 5.90. The Bertz CT molecular complexity index is 2040. The molecule has 0 N–H and O–H groups in total. The largest absolute Gasteiger partial charge is 0.359 e. The average Bonchev–Trinajstić information content (AvgIpc) is 3.88. The van der Waals surface area contributed by atoms with Crippen molar-refractivity contribution in [1.29, 1.82) is 5.26 Å². The van der Waals surface area contributed by atoms with E-state index < -0.39 is 5.54 Å². The molecule has 0 unspecified atom stereocenters. The molecule has 3 aliphatic rings. The number of aromatic nitrogens is 4. The molecule has 1 saturated heterocycles. The summed E-state index contributed by atoms with van der Waals surface area (Å²) in [7, 11) is 0. The Labute approximate surface area is 287 Å². The van der Waals surface area contributed by atoms with E-state index in [-0.39, 0.29) is 35.9 Å². The van der Waals surface area contributed by atoms with Gasteiger partial charge in [-0.15, -0.1) is 0 Å². The van der Waals surface area contributed by atoms with Crippen molar-refractivity contribution in [3.8, 4) is 11.8 Å². The number of rotatable bonds is 7. The van der Waals surface area contributed by atoms with Crippen LogP contribution in [0.15, 0.2) is 60.2 Å². The lowest BCUT2D eigenvalue weighted by atomic mass is 9.91. The Morgan fingerprint density at radius 1 is 1.06 bits per heavy atom. The molecular weight excluding hydrogens is 612 g/mol. The van der Waals surface area contributed by atoms with Gasteiger partial charge in [0, 0.05) is 42.8 Å². The Kier molecular flexibility index (Phi) is 8.26. The van der Waals surface area contributed by atoms with Gasteiger partial charge in [-0.1, -0.05) is 64.6 Å². The second-order valence-electron chi connectivity index (χ2n) is 14.3. The Morgan fingerprint density at radius 3 is 2.39 bits per heavy atom. The molecule has 252 valence electrons. The first-order chi connectivity index (χ1) is 23.6. The molecule has 2 aliphatic heterocycles. The Hall–Kier alpha value is -5.04. The zero-order valence-corrected chi connectivity index (χ0v) is 29.1. The maximum absolute atomic E-state index is 14.8. The van der Waals surface area contributed by atoms with Gasteiger partial charge in [0.25, 0.3) is 0 Å². The van der Waals surface area contributed by atoms with Crippen molar-refractivity contribution in [2.45, 2.75) is 83.7 Å². The fraction of sp³-hybridized carbons (Fsp3) is 0.436. The number of anilines is 2. The van der Waals surface area contributed by atoms with Gasteiger partial charge in [0.2, 0.25) is 5.91 Å². The summed E-state index contributed by atoms with van der Waals surface area (Å²) in [5.41, 5.74) is 6.06. The fourth-order valence-electron chi connectivity index (χ4n) is 8.22. The monoisotopic (exact) mass is 656 g/mol. The van der Waals surface area contributed by atoms with Gasteiger partial charge < -0.3 is 14.7 Å². The zero-order valence-electron chi connectivity index (χ0n) is 29.1. The molecule has 1 aliphatic carbocycles. The minimum absolute atomic E-state index is 0.0514. The van der Waals surface area contributed by atoms with Crippen LogP contribution in [-0.2, 0) is 16.8 Å². The third-order valence-electron chi connectivity index (χ3n) is 10.6. The molecule has 2 aromatic heterocycles. The van der Waals surface area contributed by atoms with Crippen LogP contribution in [0.4, 0.5) is 11.5 Å². The number of hydrogen-bond donors (Lipinski definition) is 0. The van der Waals surface area contributed by atoms with Crippen LogP contribution in [0.25, 0.3) is 16.5 Å². The van der Waals surface area contributed by atoms with Crippen LogP contribution in [0.2, 0.25) is 0 Å². The van der Waals surface area contributed by atoms with Crippen LogP contribution in [0.1, 0.15) is 87.0 Å². The van der Waals surface area contributed by atoms with Gasteiger partial charge in [0.15, 0.2) is 0 Å². The molecule has 1 saturated carbocycles. The fourth-order valence-corrected chi connectivity index (χ4v) is 8.22. The minimum atomic E-state index is -0.425. The second-order valence-corrected chi connectivity index (χ2v) is 14.3. The van der Waals surface area contributed by atoms with Crippen molar-refractivity contribution in [3.63, 3.8) is 0 Å². The minimum Gasteiger partial charge on any atom is -0.359 e. The van der Waals surface area contributed by atoms with Crippen molar-refractivity contribution in [2.24, 2.45) is 0 Å². The summed E-state index contributed by atoms with van der Waals surface area (Å²) in [5, 5.41) is 12.1. The van der Waals surface area contributed by atoms with Crippen molar-refractivity contribution in [2.75, 3.05) is 36.0 Å². The first-order valence-electron chi connectivity index (χ1n) is 17.4. The van der Waals surface area contributed by atoms with Crippen LogP contribution < -0.4 is 15.5 Å². The van der Waals surface area contributed by atoms with Gasteiger partial charge in [0.1, 0.15) is 12.1 Å². The number of amides is 1. The highest BCUT2D eigenvalue weighted by molar-refractivity contribution is 5.97. The van der Waals surface area contributed by atoms with Crippen LogP contribution in [-0.4, -0.2) is 62.5 Å². The first kappa shape index (κ1) is 32.5. The topological polar surface area (TPSA) is 111 Å². The molecule has 10 heteroatoms. The number of aryl methyl sites for hydroxylation is 1. The van der Waals surface area contributed by atoms with Gasteiger partial charge in [-0.25, -0.2) is 14.8 Å². The molecule has 4 aromatic rings. The van der Waals surface area contributed by atoms with E-state index in [1.165, 1.54) is 28.1 Å². The summed E-state index contributed by atoms with van der Waals surface area (Å²) in [4.78, 5) is 48.3. The smallest absolute Gasteiger partial charge is 0.354 e. The lowest BCUT2D eigenvalue weighted by Crippen LogP contribution is -2.56. The van der Waals surface area contributed by atoms with Gasteiger partial charge in [-0.3, -0.25) is 9.36 Å². The van der Waals surface area contributed by atoms with Crippen LogP contribution >= 0.6 is 0 Å². The van der Waals surface area contributed by atoms with Gasteiger partial charge in [-0.2, -0.15) is 10.2 Å². The number of carbonyl (C=O) groups excluding carboxylic acids is 1. The van der Waals surface area contributed by atoms with E-state index in [1.807, 2.05) is 4.57 Å². The van der Waals surface area contributed by atoms with E-state index in [9.17, 15) is 14.9 Å². The summed E-state index contributed by atoms with van der Waals surface area (Å²) in [6, 6.07) is 14.9. The SMILES string of the molecule is C=CC(=O)N1CCN(c2nc(=O)n(-c3c(C(C)C)ncnc3C(C)C)c3c2CCN(c2cccc4cccc(C)c24)C32CC2)C[C@@H]1CC#N. The standard InChI is InChI=1S/C39H44N8O2/c1-7-31(48)45-21-20-44(22-28(45)14-18-40)37-29-15-19-46(30-13-9-12-27-11-8-10-26(6)32(27)30)39(16-17-39)36(29)47(38(49)43-37)35-33(24(2)3)41-23-42-34(35)25(4)5/h7-13,23-25,28H,1,14-17,19-22H2,2-6H3/t28-/m0/s1. The third-order valence-corrected chi connectivity index (χ3v) is 10.6. The van der Waals surface area contributed by atoms with E-state index in [0.717, 1.165) is 47.7 Å². The summed E-state index contributed by atoms with van der Waals surface area (Å²) in [6.45, 7) is 16.4. The van der Waals surface area contributed by atoms with Gasteiger partial charge in [0.05, 0.1) is 46.8 Å². The number of piperazine rings is 1. The maximum Gasteiger partial charge on any atom is 0.354 e. The van der Waals surface area contributed by atoms with E-state index in [2.05, 4.69) is 93.5 Å². The quantitative estimate of drug-likeness (QED) is 0.226. The first-order valence-corrected chi connectivity index (χ1v) is 17.4. The number of fused-ring (bicyclic) bond motifs is 3. The number of nitriles is 1. The molecule has 10 nitrogen and oxygen atoms in total. The molecule has 7 rings (SSSR count). The summed E-state index contributed by atoms with van der Waals surface area (Å²) in [6.07, 6.45) is 5.58. The molecule has 1 atom stereocenters. The van der Waals surface area contributed by atoms with Crippen molar-refractivity contribution in [1.82, 2.24) is 24.4 Å². The highest BCUT2D eigenvalue weighted by Gasteiger charge is 2.56. The molecule has 0 bridgehead atoms. The van der Waals surface area contributed by atoms with E-state index in [1.54, 1.807) is 11.2 Å². The summed E-state index contributed by atoms with van der Waals surface area (Å²) < 4.78 is 1.87. The van der Waals surface area contributed by atoms with E-state index >= 15 is 0 Å². The van der Waals surface area contributed by atoms with Crippen LogP contribution in [0.5, 0.6) is 0 Å². The van der Waals surface area contributed by atoms with Gasteiger partial charge >= 0.3 is 5.69 Å². The molecule has 2 fully saturated rings. The molecule has 4 heterocycles. The van der Waals surface area contributed by atoms with Crippen molar-refractivity contribution >= 4 is 28.2 Å².